The van der Waals surface area contributed by atoms with Crippen LogP contribution in [0.2, 0.25) is 0 Å². The largest absolute Gasteiger partial charge is 0.444 e. The molecule has 17 heavy (non-hydrogen) atoms. The predicted octanol–water partition coefficient (Wildman–Crippen LogP) is 2.13. The maximum atomic E-state index is 11.5. The topological polar surface area (TPSA) is 55.4 Å². The molecular formula is C13H21NO3. The third-order valence-electron chi connectivity index (χ3n) is 1.86. The number of nitrogens with one attached hydrogen (secondary N) is 1. The lowest BCUT2D eigenvalue weighted by molar-refractivity contribution is -0.116. The molecule has 0 rings (SSSR count). The fraction of sp³-hybridized carbons (Fsp3) is 0.692. The monoisotopic (exact) mass is 239 g/mol. The van der Waals surface area contributed by atoms with Crippen LogP contribution in [0.15, 0.2) is 0 Å². The van der Waals surface area contributed by atoms with Gasteiger partial charge in [0.2, 0.25) is 5.78 Å². The number of carbonyl (C=O) groups excluding carboxylic acids is 2. The van der Waals surface area contributed by atoms with Crippen molar-refractivity contribution in [2.75, 3.05) is 0 Å². The van der Waals surface area contributed by atoms with E-state index in [9.17, 15) is 9.59 Å². The summed E-state index contributed by atoms with van der Waals surface area (Å²) in [6, 6.07) is -0.671. The lowest BCUT2D eigenvalue weighted by Gasteiger charge is -2.22. The quantitative estimate of drug-likeness (QED) is 0.604. The van der Waals surface area contributed by atoms with Gasteiger partial charge < -0.3 is 10.1 Å². The smallest absolute Gasteiger partial charge is 0.408 e. The van der Waals surface area contributed by atoms with Gasteiger partial charge in [-0.05, 0) is 39.0 Å². The van der Waals surface area contributed by atoms with E-state index < -0.39 is 23.5 Å². The van der Waals surface area contributed by atoms with E-state index in [1.807, 2.05) is 19.8 Å². The van der Waals surface area contributed by atoms with Crippen molar-refractivity contribution < 1.29 is 14.3 Å². The highest BCUT2D eigenvalue weighted by Crippen LogP contribution is 2.09. The van der Waals surface area contributed by atoms with E-state index >= 15 is 0 Å². The summed E-state index contributed by atoms with van der Waals surface area (Å²) in [6.45, 7) is 9.17. The standard InChI is InChI=1S/C13H21NO3/c1-7-11(15)10(8-9(2)3)14-12(16)17-13(4,5)6/h1,9-10H,8H2,2-6H3,(H,14,16). The predicted molar refractivity (Wildman–Crippen MR) is 66.5 cm³/mol. The molecule has 0 bridgehead atoms. The molecule has 0 aliphatic heterocycles. The first kappa shape index (κ1) is 15.5. The molecule has 0 fully saturated rings. The molecule has 0 spiro atoms. The van der Waals surface area contributed by atoms with E-state index in [2.05, 4.69) is 5.32 Å². The summed E-state index contributed by atoms with van der Waals surface area (Å²) >= 11 is 0. The summed E-state index contributed by atoms with van der Waals surface area (Å²) in [6.07, 6.45) is 4.94. The molecule has 96 valence electrons. The number of terminal acetylenes is 1. The molecule has 0 saturated heterocycles. The second-order valence-corrected chi connectivity index (χ2v) is 5.34. The van der Waals surface area contributed by atoms with E-state index in [0.717, 1.165) is 0 Å². The van der Waals surface area contributed by atoms with Crippen LogP contribution < -0.4 is 5.32 Å². The van der Waals surface area contributed by atoms with Crippen LogP contribution in [-0.4, -0.2) is 23.5 Å². The molecule has 0 radical (unpaired) electrons. The molecular weight excluding hydrogens is 218 g/mol. The van der Waals surface area contributed by atoms with Crippen molar-refractivity contribution in [3.05, 3.63) is 0 Å². The van der Waals surface area contributed by atoms with Crippen molar-refractivity contribution in [1.29, 1.82) is 0 Å². The Morgan fingerprint density at radius 3 is 2.24 bits per heavy atom. The van der Waals surface area contributed by atoms with Crippen LogP contribution in [0.4, 0.5) is 4.79 Å². The molecule has 0 saturated carbocycles. The lowest BCUT2D eigenvalue weighted by Crippen LogP contribution is -2.43. The number of rotatable bonds is 4. The van der Waals surface area contributed by atoms with Gasteiger partial charge >= 0.3 is 6.09 Å². The van der Waals surface area contributed by atoms with Gasteiger partial charge in [0, 0.05) is 0 Å². The Morgan fingerprint density at radius 2 is 1.88 bits per heavy atom. The van der Waals surface area contributed by atoms with E-state index in [1.165, 1.54) is 0 Å². The van der Waals surface area contributed by atoms with Crippen LogP contribution in [0.3, 0.4) is 0 Å². The van der Waals surface area contributed by atoms with Crippen molar-refractivity contribution in [3.8, 4) is 12.3 Å². The Labute approximate surface area is 103 Å². The first-order valence-electron chi connectivity index (χ1n) is 5.65. The average molecular weight is 239 g/mol. The number of hydrogen-bond donors (Lipinski definition) is 1. The Balaban J connectivity index is 4.50. The molecule has 0 aromatic carbocycles. The molecule has 4 heteroatoms. The second kappa shape index (κ2) is 6.29. The van der Waals surface area contributed by atoms with Gasteiger partial charge in [0.1, 0.15) is 11.6 Å². The summed E-state index contributed by atoms with van der Waals surface area (Å²) < 4.78 is 5.07. The Morgan fingerprint density at radius 1 is 1.35 bits per heavy atom. The van der Waals surface area contributed by atoms with Crippen molar-refractivity contribution in [1.82, 2.24) is 5.32 Å². The first-order chi connectivity index (χ1) is 7.65. The van der Waals surface area contributed by atoms with Crippen LogP contribution in [0, 0.1) is 18.3 Å². The molecule has 1 N–H and O–H groups in total. The number of Topliss-reactive ketones (excluding diaryl/α,β-unsaturated/α-hetero) is 1. The Bertz CT molecular complexity index is 321. The average Bonchev–Trinajstić information content (AvgIpc) is 2.11. The minimum Gasteiger partial charge on any atom is -0.444 e. The number of alkyl carbamates (subject to hydrolysis) is 1. The maximum absolute atomic E-state index is 11.5. The molecule has 0 aromatic heterocycles. The van der Waals surface area contributed by atoms with Crippen molar-refractivity contribution in [2.45, 2.75) is 52.7 Å². The highest BCUT2D eigenvalue weighted by Gasteiger charge is 2.23. The van der Waals surface area contributed by atoms with Crippen molar-refractivity contribution >= 4 is 11.9 Å². The SMILES string of the molecule is C#CC(=O)C(CC(C)C)NC(=O)OC(C)(C)C. The van der Waals surface area contributed by atoms with Crippen LogP contribution in [0.25, 0.3) is 0 Å². The Hall–Kier alpha value is -1.50. The number of amides is 1. The van der Waals surface area contributed by atoms with E-state index in [-0.39, 0.29) is 5.92 Å². The lowest BCUT2D eigenvalue weighted by atomic mass is 10.0. The highest BCUT2D eigenvalue weighted by molar-refractivity contribution is 6.00. The molecule has 1 amide bonds. The van der Waals surface area contributed by atoms with Crippen LogP contribution in [0.1, 0.15) is 41.0 Å². The second-order valence-electron chi connectivity index (χ2n) is 5.34. The summed E-state index contributed by atoms with van der Waals surface area (Å²) in [5.74, 6) is 1.86. The number of carbonyl (C=O) groups is 2. The fourth-order valence-electron chi connectivity index (χ4n) is 1.25. The van der Waals surface area contributed by atoms with Gasteiger partial charge in [-0.2, -0.15) is 0 Å². The highest BCUT2D eigenvalue weighted by atomic mass is 16.6. The van der Waals surface area contributed by atoms with Crippen LogP contribution in [0.5, 0.6) is 0 Å². The van der Waals surface area contributed by atoms with E-state index in [1.54, 1.807) is 20.8 Å². The van der Waals surface area contributed by atoms with Crippen molar-refractivity contribution in [3.63, 3.8) is 0 Å². The summed E-state index contributed by atoms with van der Waals surface area (Å²) in [5.41, 5.74) is -0.592. The fourth-order valence-corrected chi connectivity index (χ4v) is 1.25. The minimum atomic E-state index is -0.671. The number of hydrogen-bond acceptors (Lipinski definition) is 3. The maximum Gasteiger partial charge on any atom is 0.408 e. The zero-order valence-electron chi connectivity index (χ0n) is 11.2. The van der Waals surface area contributed by atoms with Gasteiger partial charge in [0.25, 0.3) is 0 Å². The van der Waals surface area contributed by atoms with E-state index in [0.29, 0.717) is 6.42 Å². The van der Waals surface area contributed by atoms with E-state index in [4.69, 9.17) is 11.2 Å². The zero-order valence-corrected chi connectivity index (χ0v) is 11.2. The van der Waals surface area contributed by atoms with Crippen molar-refractivity contribution in [2.24, 2.45) is 5.92 Å². The molecule has 0 aromatic rings. The van der Waals surface area contributed by atoms with Crippen LogP contribution in [-0.2, 0) is 9.53 Å². The third kappa shape index (κ3) is 7.40. The van der Waals surface area contributed by atoms with Gasteiger partial charge in [-0.1, -0.05) is 13.8 Å². The van der Waals surface area contributed by atoms with Gasteiger partial charge in [-0.25, -0.2) is 4.79 Å². The van der Waals surface area contributed by atoms with Gasteiger partial charge in [-0.3, -0.25) is 4.79 Å². The molecule has 0 heterocycles. The van der Waals surface area contributed by atoms with Crippen LogP contribution >= 0.6 is 0 Å². The normalized spacial score (nSPS) is 12.8. The number of ether oxygens (including phenoxy) is 1. The summed E-state index contributed by atoms with van der Waals surface area (Å²) in [5, 5.41) is 2.50. The first-order valence-corrected chi connectivity index (χ1v) is 5.65. The molecule has 4 nitrogen and oxygen atoms in total. The summed E-state index contributed by atoms with van der Waals surface area (Å²) in [4.78, 5) is 23.0. The Kier molecular flexibility index (Phi) is 5.73. The van der Waals surface area contributed by atoms with Gasteiger partial charge in [-0.15, -0.1) is 6.42 Å². The minimum absolute atomic E-state index is 0.257. The third-order valence-corrected chi connectivity index (χ3v) is 1.86. The molecule has 0 aliphatic rings. The molecule has 1 atom stereocenters. The summed E-state index contributed by atoms with van der Waals surface area (Å²) in [7, 11) is 0. The van der Waals surface area contributed by atoms with Gasteiger partial charge in [0.05, 0.1) is 0 Å². The molecule has 0 aliphatic carbocycles. The zero-order chi connectivity index (χ0) is 13.6. The molecule has 1 unspecified atom stereocenters. The number of ketones is 1. The van der Waals surface area contributed by atoms with Gasteiger partial charge in [0.15, 0.2) is 0 Å².